The molecule has 2 rings (SSSR count). The van der Waals surface area contributed by atoms with Gasteiger partial charge >= 0.3 is 0 Å². The van der Waals surface area contributed by atoms with Gasteiger partial charge in [0.15, 0.2) is 5.65 Å². The Labute approximate surface area is 86.2 Å². The predicted molar refractivity (Wildman–Crippen MR) is 52.5 cm³/mol. The van der Waals surface area contributed by atoms with Crippen LogP contribution in [0.25, 0.3) is 11.0 Å². The van der Waals surface area contributed by atoms with Crippen LogP contribution in [0, 0.1) is 0 Å². The van der Waals surface area contributed by atoms with Gasteiger partial charge in [0.2, 0.25) is 0 Å². The van der Waals surface area contributed by atoms with E-state index < -0.39 is 10.0 Å². The third kappa shape index (κ3) is 1.57. The zero-order valence-corrected chi connectivity index (χ0v) is 8.98. The van der Waals surface area contributed by atoms with Crippen LogP contribution in [0.4, 0.5) is 0 Å². The van der Waals surface area contributed by atoms with Gasteiger partial charge in [0.25, 0.3) is 15.2 Å². The predicted octanol–water partition coefficient (Wildman–Crippen LogP) is -0.729. The van der Waals surface area contributed by atoms with E-state index >= 15 is 0 Å². The number of hydrogen-bond donors (Lipinski definition) is 1. The van der Waals surface area contributed by atoms with Gasteiger partial charge in [0, 0.05) is 13.2 Å². The minimum absolute atomic E-state index is 0.249. The molecule has 0 aliphatic rings. The van der Waals surface area contributed by atoms with Crippen molar-refractivity contribution in [2.75, 3.05) is 7.05 Å². The highest BCUT2D eigenvalue weighted by Crippen LogP contribution is 2.10. The van der Waals surface area contributed by atoms with Crippen molar-refractivity contribution in [3.63, 3.8) is 0 Å². The Morgan fingerprint density at radius 1 is 1.40 bits per heavy atom. The minimum Gasteiger partial charge on any atom is -0.250 e. The Bertz CT molecular complexity index is 603. The van der Waals surface area contributed by atoms with Crippen molar-refractivity contribution >= 4 is 21.1 Å². The van der Waals surface area contributed by atoms with Crippen LogP contribution in [-0.4, -0.2) is 35.2 Å². The Balaban J connectivity index is 2.70. The van der Waals surface area contributed by atoms with Crippen LogP contribution in [0.1, 0.15) is 0 Å². The standard InChI is InChI=1S/C7H9N5O2S/c1-8-15(13,14)7-9-3-5-4-10-12(2)6(5)11-7/h3-4,8H,1-2H3. The number of sulfonamides is 1. The highest BCUT2D eigenvalue weighted by Gasteiger charge is 2.16. The average Bonchev–Trinajstić information content (AvgIpc) is 2.60. The lowest BCUT2D eigenvalue weighted by Crippen LogP contribution is -2.21. The Morgan fingerprint density at radius 2 is 2.13 bits per heavy atom. The van der Waals surface area contributed by atoms with Gasteiger partial charge in [-0.25, -0.2) is 18.1 Å². The summed E-state index contributed by atoms with van der Waals surface area (Å²) in [4.78, 5) is 7.66. The summed E-state index contributed by atoms with van der Waals surface area (Å²) in [7, 11) is -0.600. The van der Waals surface area contributed by atoms with E-state index in [1.165, 1.54) is 17.9 Å². The Hall–Kier alpha value is -1.54. The molecule has 0 radical (unpaired) electrons. The largest absolute Gasteiger partial charge is 0.276 e. The zero-order valence-electron chi connectivity index (χ0n) is 8.17. The van der Waals surface area contributed by atoms with Crippen molar-refractivity contribution in [2.24, 2.45) is 7.05 Å². The first-order chi connectivity index (χ1) is 7.04. The molecule has 0 spiro atoms. The van der Waals surface area contributed by atoms with Crippen LogP contribution in [0.3, 0.4) is 0 Å². The van der Waals surface area contributed by atoms with Gasteiger partial charge in [0.1, 0.15) is 0 Å². The van der Waals surface area contributed by atoms with E-state index in [4.69, 9.17) is 0 Å². The molecule has 7 nitrogen and oxygen atoms in total. The molecule has 0 aromatic carbocycles. The summed E-state index contributed by atoms with van der Waals surface area (Å²) in [6.07, 6.45) is 3.00. The van der Waals surface area contributed by atoms with Crippen LogP contribution in [0.2, 0.25) is 0 Å². The number of hydrogen-bond acceptors (Lipinski definition) is 5. The van der Waals surface area contributed by atoms with Gasteiger partial charge in [0.05, 0.1) is 11.6 Å². The van der Waals surface area contributed by atoms with Crippen LogP contribution in [0.5, 0.6) is 0 Å². The van der Waals surface area contributed by atoms with Crippen molar-refractivity contribution in [1.82, 2.24) is 24.5 Å². The van der Waals surface area contributed by atoms with Crippen molar-refractivity contribution in [2.45, 2.75) is 5.16 Å². The van der Waals surface area contributed by atoms with Gasteiger partial charge in [-0.2, -0.15) is 10.1 Å². The zero-order chi connectivity index (χ0) is 11.1. The molecule has 2 aromatic heterocycles. The van der Waals surface area contributed by atoms with Crippen LogP contribution in [-0.2, 0) is 17.1 Å². The fourth-order valence-electron chi connectivity index (χ4n) is 1.14. The first kappa shape index (κ1) is 9.99. The molecule has 0 atom stereocenters. The molecule has 0 aliphatic carbocycles. The molecule has 0 unspecified atom stereocenters. The van der Waals surface area contributed by atoms with E-state index in [0.717, 1.165) is 0 Å². The highest BCUT2D eigenvalue weighted by molar-refractivity contribution is 7.89. The lowest BCUT2D eigenvalue weighted by atomic mass is 10.4. The lowest BCUT2D eigenvalue weighted by molar-refractivity contribution is 0.579. The highest BCUT2D eigenvalue weighted by atomic mass is 32.2. The molecule has 0 aliphatic heterocycles. The third-order valence-electron chi connectivity index (χ3n) is 1.96. The molecule has 0 saturated carbocycles. The van der Waals surface area contributed by atoms with Gasteiger partial charge in [-0.3, -0.25) is 4.68 Å². The van der Waals surface area contributed by atoms with Gasteiger partial charge in [-0.15, -0.1) is 0 Å². The molecular weight excluding hydrogens is 218 g/mol. The number of aryl methyl sites for hydroxylation is 1. The SMILES string of the molecule is CNS(=O)(=O)c1ncc2cnn(C)c2n1. The maximum atomic E-state index is 11.4. The quantitative estimate of drug-likeness (QED) is 0.683. The van der Waals surface area contributed by atoms with Crippen LogP contribution in [0.15, 0.2) is 17.6 Å². The summed E-state index contributed by atoms with van der Waals surface area (Å²) in [6.45, 7) is 0. The molecule has 8 heteroatoms. The number of aromatic nitrogens is 4. The van der Waals surface area contributed by atoms with E-state index in [2.05, 4.69) is 19.8 Å². The topological polar surface area (TPSA) is 89.8 Å². The summed E-state index contributed by atoms with van der Waals surface area (Å²) in [5, 5.41) is 4.40. The molecule has 1 N–H and O–H groups in total. The third-order valence-corrected chi connectivity index (χ3v) is 3.17. The van der Waals surface area contributed by atoms with Crippen molar-refractivity contribution < 1.29 is 8.42 Å². The molecule has 15 heavy (non-hydrogen) atoms. The normalized spacial score (nSPS) is 12.1. The van der Waals surface area contributed by atoms with Crippen molar-refractivity contribution in [3.8, 4) is 0 Å². The summed E-state index contributed by atoms with van der Waals surface area (Å²) in [6, 6.07) is 0. The van der Waals surface area contributed by atoms with Gasteiger partial charge in [-0.1, -0.05) is 0 Å². The Kier molecular flexibility index (Phi) is 2.16. The lowest BCUT2D eigenvalue weighted by Gasteiger charge is -2.00. The van der Waals surface area contributed by atoms with Crippen LogP contribution < -0.4 is 4.72 Å². The molecule has 2 aromatic rings. The second-order valence-electron chi connectivity index (χ2n) is 2.91. The molecule has 0 bridgehead atoms. The average molecular weight is 227 g/mol. The molecular formula is C7H9N5O2S. The molecule has 0 amide bonds. The van der Waals surface area contributed by atoms with Gasteiger partial charge in [-0.05, 0) is 7.05 Å². The maximum absolute atomic E-state index is 11.4. The number of nitrogens with zero attached hydrogens (tertiary/aromatic N) is 4. The first-order valence-corrected chi connectivity index (χ1v) is 5.61. The minimum atomic E-state index is -3.60. The maximum Gasteiger partial charge on any atom is 0.276 e. The van der Waals surface area contributed by atoms with E-state index in [9.17, 15) is 8.42 Å². The number of rotatable bonds is 2. The van der Waals surface area contributed by atoms with Crippen LogP contribution >= 0.6 is 0 Å². The molecule has 0 fully saturated rings. The van der Waals surface area contributed by atoms with E-state index in [0.29, 0.717) is 11.0 Å². The van der Waals surface area contributed by atoms with E-state index in [1.54, 1.807) is 13.2 Å². The number of nitrogens with one attached hydrogen (secondary N) is 1. The van der Waals surface area contributed by atoms with Crippen molar-refractivity contribution in [1.29, 1.82) is 0 Å². The first-order valence-electron chi connectivity index (χ1n) is 4.13. The van der Waals surface area contributed by atoms with E-state index in [1.807, 2.05) is 0 Å². The second-order valence-corrected chi connectivity index (χ2v) is 4.69. The molecule has 0 saturated heterocycles. The van der Waals surface area contributed by atoms with Gasteiger partial charge < -0.3 is 0 Å². The summed E-state index contributed by atoms with van der Waals surface area (Å²) in [5.41, 5.74) is 0.485. The van der Waals surface area contributed by atoms with E-state index in [-0.39, 0.29) is 5.16 Å². The summed E-state index contributed by atoms with van der Waals surface area (Å²) in [5.74, 6) is 0. The fraction of sp³-hybridized carbons (Fsp3) is 0.286. The van der Waals surface area contributed by atoms with Crippen molar-refractivity contribution in [3.05, 3.63) is 12.4 Å². The number of fused-ring (bicyclic) bond motifs is 1. The monoisotopic (exact) mass is 227 g/mol. The smallest absolute Gasteiger partial charge is 0.250 e. The Morgan fingerprint density at radius 3 is 2.80 bits per heavy atom. The second kappa shape index (κ2) is 3.24. The molecule has 80 valence electrons. The fourth-order valence-corrected chi connectivity index (χ4v) is 1.72. The summed E-state index contributed by atoms with van der Waals surface area (Å²) < 4.78 is 26.5. The summed E-state index contributed by atoms with van der Waals surface area (Å²) >= 11 is 0. The molecule has 2 heterocycles.